The molecule has 0 saturated carbocycles. The Morgan fingerprint density at radius 1 is 0.857 bits per heavy atom. The van der Waals surface area contributed by atoms with E-state index in [1.165, 1.54) is 88.1 Å². The van der Waals surface area contributed by atoms with Gasteiger partial charge in [0.15, 0.2) is 23.0 Å². The van der Waals surface area contributed by atoms with Crippen LogP contribution in [0.1, 0.15) is 89.4 Å². The predicted octanol–water partition coefficient (Wildman–Crippen LogP) is 7.12. The first-order valence-corrected chi connectivity index (χ1v) is 11.8. The highest BCUT2D eigenvalue weighted by Crippen LogP contribution is 2.19. The first-order chi connectivity index (χ1) is 13.5. The Bertz CT molecular complexity index is 485. The van der Waals surface area contributed by atoms with Gasteiger partial charge in [-0.05, 0) is 37.8 Å². The first kappa shape index (κ1) is 27.2. The van der Waals surface area contributed by atoms with E-state index in [0.29, 0.717) is 5.75 Å². The van der Waals surface area contributed by atoms with Crippen molar-refractivity contribution < 1.29 is 17.5 Å². The number of aromatic carboxylic acids is 1. The van der Waals surface area contributed by atoms with E-state index in [2.05, 4.69) is 27.7 Å². The molecule has 0 aliphatic rings. The summed E-state index contributed by atoms with van der Waals surface area (Å²) >= 11 is 1.65. The fraction of sp³-hybridized carbons (Fsp3) is 0.696. The molecule has 0 heterocycles. The summed E-state index contributed by atoms with van der Waals surface area (Å²) in [7, 11) is 0. The molecule has 0 atom stereocenters. The Hall–Kier alpha value is -0.820. The van der Waals surface area contributed by atoms with Crippen LogP contribution < -0.4 is 3.07 Å². The lowest BCUT2D eigenvalue weighted by molar-refractivity contribution is -0.929. The number of nitrogens with zero attached hydrogens (tertiary/aromatic N) is 1. The fourth-order valence-corrected chi connectivity index (χ4v) is 3.74. The van der Waals surface area contributed by atoms with Crippen LogP contribution in [0.2, 0.25) is 0 Å². The van der Waals surface area contributed by atoms with Crippen molar-refractivity contribution in [3.8, 4) is 5.75 Å². The quantitative estimate of drug-likeness (QED) is 0.216. The topological polar surface area (TPSA) is 46.5 Å². The number of hydrogen-bond acceptors (Lipinski definition) is 2. The number of hydrogen-bond donors (Lipinski definition) is 1. The number of carbonyl (C=O) groups is 1. The number of halogens is 1. The molecule has 162 valence electrons. The van der Waals surface area contributed by atoms with Crippen LogP contribution in [0.4, 0.5) is 0 Å². The summed E-state index contributed by atoms with van der Waals surface area (Å²) in [4.78, 5) is 10.5. The molecule has 28 heavy (non-hydrogen) atoms. The fourth-order valence-electron chi connectivity index (χ4n) is 3.36. The summed E-state index contributed by atoms with van der Waals surface area (Å²) in [6.07, 6.45) is 11.1. The summed E-state index contributed by atoms with van der Waals surface area (Å²) in [6.45, 7) is 15.0. The number of unbranched alkanes of at least 4 members (excludes halogenated alkanes) is 4. The maximum atomic E-state index is 10.5. The smallest absolute Gasteiger partial charge is 0.339 e. The van der Waals surface area contributed by atoms with Crippen LogP contribution >= 0.6 is 23.0 Å². The molecule has 0 aliphatic carbocycles. The van der Waals surface area contributed by atoms with Gasteiger partial charge in [-0.1, -0.05) is 65.5 Å². The highest BCUT2D eigenvalue weighted by Gasteiger charge is 2.24. The van der Waals surface area contributed by atoms with Crippen LogP contribution in [0.15, 0.2) is 24.3 Å². The standard InChI is InChI=1S/C16H36N.C7H5IO3/c1-5-9-13-17(14-10-6-2,15-11-7-3)16-12-8-4;8-11-6-4-2-1-3-5(6)7(9)10/h5-16H2,1-4H3;1-4H,(H,9,10)/q+1;. The normalized spacial score (nSPS) is 10.9. The van der Waals surface area contributed by atoms with Crippen molar-refractivity contribution in [3.05, 3.63) is 29.8 Å². The SMILES string of the molecule is CCCC[N+](CCCC)(CCCC)CCCC.O=C(O)c1ccccc1OI. The summed E-state index contributed by atoms with van der Waals surface area (Å²) in [5.74, 6) is -0.599. The summed E-state index contributed by atoms with van der Waals surface area (Å²) in [5, 5.41) is 8.61. The molecule has 0 unspecified atom stereocenters. The van der Waals surface area contributed by atoms with Gasteiger partial charge >= 0.3 is 5.97 Å². The molecule has 0 aromatic heterocycles. The molecule has 0 fully saturated rings. The largest absolute Gasteiger partial charge is 0.478 e. The van der Waals surface area contributed by atoms with Gasteiger partial charge in [0, 0.05) is 0 Å². The number of para-hydroxylation sites is 1. The maximum absolute atomic E-state index is 10.5. The van der Waals surface area contributed by atoms with E-state index in [1.807, 2.05) is 0 Å². The van der Waals surface area contributed by atoms with Crippen LogP contribution in [0.3, 0.4) is 0 Å². The molecular weight excluding hydrogens is 465 g/mol. The third kappa shape index (κ3) is 11.2. The van der Waals surface area contributed by atoms with Crippen molar-refractivity contribution in [3.63, 3.8) is 0 Å². The van der Waals surface area contributed by atoms with Crippen LogP contribution in [-0.2, 0) is 0 Å². The van der Waals surface area contributed by atoms with Gasteiger partial charge in [-0.15, -0.1) is 0 Å². The first-order valence-electron chi connectivity index (χ1n) is 11.0. The summed E-state index contributed by atoms with van der Waals surface area (Å²) in [6, 6.07) is 6.48. The van der Waals surface area contributed by atoms with E-state index < -0.39 is 5.97 Å². The molecular formula is C23H41INO3+. The number of benzene rings is 1. The summed E-state index contributed by atoms with van der Waals surface area (Å²) in [5.41, 5.74) is 0.182. The van der Waals surface area contributed by atoms with Gasteiger partial charge in [0.2, 0.25) is 0 Å². The van der Waals surface area contributed by atoms with Crippen LogP contribution in [0.25, 0.3) is 0 Å². The minimum atomic E-state index is -0.975. The minimum absolute atomic E-state index is 0.182. The van der Waals surface area contributed by atoms with Crippen molar-refractivity contribution in [2.75, 3.05) is 26.2 Å². The lowest BCUT2D eigenvalue weighted by Gasteiger charge is -2.39. The molecule has 5 heteroatoms. The van der Waals surface area contributed by atoms with E-state index in [0.717, 1.165) is 0 Å². The second kappa shape index (κ2) is 17.1. The second-order valence-corrected chi connectivity index (χ2v) is 7.97. The Kier molecular flexibility index (Phi) is 16.6. The number of rotatable bonds is 14. The molecule has 0 aliphatic heterocycles. The monoisotopic (exact) mass is 506 g/mol. The number of carboxylic acid groups (broad SMARTS) is 1. The molecule has 1 aromatic carbocycles. The molecule has 0 spiro atoms. The summed E-state index contributed by atoms with van der Waals surface area (Å²) < 4.78 is 6.22. The second-order valence-electron chi connectivity index (χ2n) is 7.53. The average Bonchev–Trinajstić information content (AvgIpc) is 2.73. The van der Waals surface area contributed by atoms with E-state index in [4.69, 9.17) is 8.17 Å². The van der Waals surface area contributed by atoms with Gasteiger partial charge in [-0.3, -0.25) is 0 Å². The van der Waals surface area contributed by atoms with Crippen molar-refractivity contribution in [2.24, 2.45) is 0 Å². The Labute approximate surface area is 186 Å². The Morgan fingerprint density at radius 3 is 1.54 bits per heavy atom. The van der Waals surface area contributed by atoms with E-state index in [-0.39, 0.29) is 5.56 Å². The number of quaternary nitrogens is 1. The van der Waals surface area contributed by atoms with Crippen molar-refractivity contribution in [1.29, 1.82) is 0 Å². The van der Waals surface area contributed by atoms with Crippen LogP contribution in [0, 0.1) is 0 Å². The highest BCUT2D eigenvalue weighted by atomic mass is 127. The van der Waals surface area contributed by atoms with E-state index in [1.54, 1.807) is 41.2 Å². The third-order valence-electron chi connectivity index (χ3n) is 5.14. The number of carboxylic acids is 1. The third-order valence-corrected chi connectivity index (χ3v) is 5.62. The van der Waals surface area contributed by atoms with Gasteiger partial charge in [-0.2, -0.15) is 0 Å². The van der Waals surface area contributed by atoms with Gasteiger partial charge in [0.1, 0.15) is 11.3 Å². The van der Waals surface area contributed by atoms with Crippen molar-refractivity contribution >= 4 is 29.0 Å². The molecule has 0 amide bonds. The molecule has 1 rings (SSSR count). The van der Waals surface area contributed by atoms with Gasteiger partial charge in [-0.25, -0.2) is 4.79 Å². The van der Waals surface area contributed by atoms with Crippen molar-refractivity contribution in [2.45, 2.75) is 79.1 Å². The van der Waals surface area contributed by atoms with Crippen molar-refractivity contribution in [1.82, 2.24) is 0 Å². The molecule has 0 saturated heterocycles. The zero-order valence-corrected chi connectivity index (χ0v) is 20.5. The molecule has 0 radical (unpaired) electrons. The predicted molar refractivity (Wildman–Crippen MR) is 127 cm³/mol. The average molecular weight is 506 g/mol. The Morgan fingerprint density at radius 2 is 1.25 bits per heavy atom. The van der Waals surface area contributed by atoms with Gasteiger partial charge in [0.05, 0.1) is 26.2 Å². The Balaban J connectivity index is 0.000000567. The van der Waals surface area contributed by atoms with Crippen LogP contribution in [0.5, 0.6) is 5.75 Å². The van der Waals surface area contributed by atoms with Gasteiger partial charge in [0.25, 0.3) is 0 Å². The van der Waals surface area contributed by atoms with E-state index in [9.17, 15) is 4.79 Å². The lowest BCUT2D eigenvalue weighted by atomic mass is 10.1. The molecule has 0 bridgehead atoms. The minimum Gasteiger partial charge on any atom is -0.478 e. The van der Waals surface area contributed by atoms with E-state index >= 15 is 0 Å². The van der Waals surface area contributed by atoms with Crippen LogP contribution in [-0.4, -0.2) is 41.7 Å². The van der Waals surface area contributed by atoms with Gasteiger partial charge < -0.3 is 12.7 Å². The molecule has 1 aromatic rings. The maximum Gasteiger partial charge on any atom is 0.339 e. The molecule has 1 N–H and O–H groups in total. The zero-order valence-electron chi connectivity index (χ0n) is 18.4. The lowest BCUT2D eigenvalue weighted by Crippen LogP contribution is -2.50. The highest BCUT2D eigenvalue weighted by molar-refractivity contribution is 14.1. The molecule has 4 nitrogen and oxygen atoms in total. The zero-order chi connectivity index (χ0) is 21.3.